The second-order valence-electron chi connectivity index (χ2n) is 7.23. The van der Waals surface area contributed by atoms with Gasteiger partial charge in [-0.3, -0.25) is 0 Å². The molecule has 0 aliphatic heterocycles. The Bertz CT molecular complexity index is 246. The molecular formula is C21H40O. The molecule has 0 aromatic heterocycles. The van der Waals surface area contributed by atoms with E-state index in [-0.39, 0.29) is 6.10 Å². The van der Waals surface area contributed by atoms with Crippen molar-refractivity contribution in [1.29, 1.82) is 0 Å². The van der Waals surface area contributed by atoms with Crippen LogP contribution in [-0.2, 0) is 0 Å². The van der Waals surface area contributed by atoms with Crippen molar-refractivity contribution < 1.29 is 5.11 Å². The van der Waals surface area contributed by atoms with Crippen molar-refractivity contribution in [3.05, 3.63) is 12.2 Å². The van der Waals surface area contributed by atoms with Crippen LogP contribution in [0, 0.1) is 0 Å². The average Bonchev–Trinajstić information content (AvgIpc) is 2.52. The molecule has 0 bridgehead atoms. The van der Waals surface area contributed by atoms with E-state index in [1.165, 1.54) is 103 Å². The van der Waals surface area contributed by atoms with Gasteiger partial charge in [0.15, 0.2) is 0 Å². The Morgan fingerprint density at radius 2 is 0.864 bits per heavy atom. The molecule has 130 valence electrons. The van der Waals surface area contributed by atoms with Gasteiger partial charge in [-0.15, -0.1) is 0 Å². The van der Waals surface area contributed by atoms with Gasteiger partial charge in [-0.05, 0) is 19.3 Å². The highest BCUT2D eigenvalue weighted by Gasteiger charge is 1.99. The molecule has 1 nitrogen and oxygen atoms in total. The molecule has 0 radical (unpaired) electrons. The van der Waals surface area contributed by atoms with Crippen LogP contribution in [0.1, 0.15) is 116 Å². The fraction of sp³-hybridized carbons (Fsp3) is 0.905. The summed E-state index contributed by atoms with van der Waals surface area (Å²) < 4.78 is 0. The molecule has 0 aromatic carbocycles. The lowest BCUT2D eigenvalue weighted by molar-refractivity contribution is 0.207. The van der Waals surface area contributed by atoms with Gasteiger partial charge in [-0.25, -0.2) is 0 Å². The number of aliphatic hydroxyl groups excluding tert-OH is 1. The van der Waals surface area contributed by atoms with Crippen molar-refractivity contribution in [2.45, 2.75) is 122 Å². The maximum absolute atomic E-state index is 9.91. The summed E-state index contributed by atoms with van der Waals surface area (Å²) in [5.41, 5.74) is 0. The molecular weight excluding hydrogens is 268 g/mol. The van der Waals surface area contributed by atoms with Crippen LogP contribution in [-0.4, -0.2) is 11.2 Å². The van der Waals surface area contributed by atoms with Crippen LogP contribution in [0.4, 0.5) is 0 Å². The first kappa shape index (κ1) is 19.7. The molecule has 0 aromatic rings. The van der Waals surface area contributed by atoms with Crippen LogP contribution in [0.25, 0.3) is 0 Å². The molecule has 0 saturated heterocycles. The first-order chi connectivity index (χ1) is 10.9. The minimum atomic E-state index is -0.200. The molecule has 0 amide bonds. The molecule has 0 fully saturated rings. The zero-order valence-electron chi connectivity index (χ0n) is 14.9. The van der Waals surface area contributed by atoms with Crippen LogP contribution in [0.2, 0.25) is 0 Å². The van der Waals surface area contributed by atoms with Gasteiger partial charge in [0.1, 0.15) is 0 Å². The number of hydrogen-bond acceptors (Lipinski definition) is 1. The van der Waals surface area contributed by atoms with E-state index in [4.69, 9.17) is 0 Å². The van der Waals surface area contributed by atoms with E-state index in [2.05, 4.69) is 6.08 Å². The smallest absolute Gasteiger partial charge is 0.0720 e. The predicted molar refractivity (Wildman–Crippen MR) is 98.3 cm³/mol. The molecule has 1 heteroatoms. The topological polar surface area (TPSA) is 20.2 Å². The average molecular weight is 309 g/mol. The van der Waals surface area contributed by atoms with Crippen LogP contribution in [0.5, 0.6) is 0 Å². The number of rotatable bonds is 0. The van der Waals surface area contributed by atoms with Gasteiger partial charge >= 0.3 is 0 Å². The molecule has 0 saturated carbocycles. The highest BCUT2D eigenvalue weighted by Crippen LogP contribution is 2.15. The zero-order chi connectivity index (χ0) is 15.7. The van der Waals surface area contributed by atoms with Crippen LogP contribution < -0.4 is 0 Å². The molecule has 1 aliphatic carbocycles. The second-order valence-corrected chi connectivity index (χ2v) is 7.23. The van der Waals surface area contributed by atoms with Gasteiger partial charge in [-0.2, -0.15) is 0 Å². The Labute approximate surface area is 139 Å². The molecule has 1 aliphatic rings. The SMILES string of the molecule is O[C@@H]1/C=C/CCCCCCCCCCCCCCCCCC1. The minimum Gasteiger partial charge on any atom is -0.389 e. The summed E-state index contributed by atoms with van der Waals surface area (Å²) in [6, 6.07) is 0. The fourth-order valence-corrected chi connectivity index (χ4v) is 3.44. The van der Waals surface area contributed by atoms with Gasteiger partial charge < -0.3 is 5.11 Å². The summed E-state index contributed by atoms with van der Waals surface area (Å²) in [4.78, 5) is 0. The quantitative estimate of drug-likeness (QED) is 0.480. The largest absolute Gasteiger partial charge is 0.389 e. The first-order valence-electron chi connectivity index (χ1n) is 10.2. The van der Waals surface area contributed by atoms with Crippen molar-refractivity contribution in [3.63, 3.8) is 0 Å². The standard InChI is InChI=1S/C21H40O/c22-21-19-17-15-13-11-9-7-5-3-1-2-4-6-8-10-12-14-16-18-20-21/h17,19,21-22H,1-16,18,20H2/b19-17+/t21-/m1/s1. The van der Waals surface area contributed by atoms with E-state index >= 15 is 0 Å². The lowest BCUT2D eigenvalue weighted by Gasteiger charge is -2.05. The van der Waals surface area contributed by atoms with E-state index in [0.717, 1.165) is 12.8 Å². The first-order valence-corrected chi connectivity index (χ1v) is 10.2. The fourth-order valence-electron chi connectivity index (χ4n) is 3.44. The van der Waals surface area contributed by atoms with Crippen molar-refractivity contribution in [1.82, 2.24) is 0 Å². The maximum atomic E-state index is 9.91. The van der Waals surface area contributed by atoms with Gasteiger partial charge in [0.2, 0.25) is 0 Å². The highest BCUT2D eigenvalue weighted by molar-refractivity contribution is 4.88. The van der Waals surface area contributed by atoms with Gasteiger partial charge in [0.05, 0.1) is 6.10 Å². The van der Waals surface area contributed by atoms with Gasteiger partial charge in [0, 0.05) is 0 Å². The molecule has 1 atom stereocenters. The van der Waals surface area contributed by atoms with E-state index in [0.29, 0.717) is 0 Å². The van der Waals surface area contributed by atoms with Crippen molar-refractivity contribution in [3.8, 4) is 0 Å². The molecule has 0 spiro atoms. The van der Waals surface area contributed by atoms with E-state index in [1.807, 2.05) is 6.08 Å². The van der Waals surface area contributed by atoms with Crippen LogP contribution in [0.15, 0.2) is 12.2 Å². The van der Waals surface area contributed by atoms with E-state index in [9.17, 15) is 5.11 Å². The number of allylic oxidation sites excluding steroid dienone is 1. The second kappa shape index (κ2) is 15.6. The molecule has 0 heterocycles. The molecule has 22 heavy (non-hydrogen) atoms. The van der Waals surface area contributed by atoms with Crippen molar-refractivity contribution >= 4 is 0 Å². The monoisotopic (exact) mass is 308 g/mol. The zero-order valence-corrected chi connectivity index (χ0v) is 14.9. The Kier molecular flexibility index (Phi) is 14.0. The van der Waals surface area contributed by atoms with E-state index in [1.54, 1.807) is 0 Å². The van der Waals surface area contributed by atoms with Crippen LogP contribution >= 0.6 is 0 Å². The third kappa shape index (κ3) is 13.4. The molecule has 0 unspecified atom stereocenters. The van der Waals surface area contributed by atoms with Crippen molar-refractivity contribution in [2.24, 2.45) is 0 Å². The maximum Gasteiger partial charge on any atom is 0.0720 e. The van der Waals surface area contributed by atoms with Crippen LogP contribution in [0.3, 0.4) is 0 Å². The van der Waals surface area contributed by atoms with Crippen molar-refractivity contribution in [2.75, 3.05) is 0 Å². The third-order valence-electron chi connectivity index (χ3n) is 4.98. The Morgan fingerprint density at radius 1 is 0.500 bits per heavy atom. The summed E-state index contributed by atoms with van der Waals surface area (Å²) in [5, 5.41) is 9.91. The highest BCUT2D eigenvalue weighted by atomic mass is 16.3. The Hall–Kier alpha value is -0.300. The van der Waals surface area contributed by atoms with Gasteiger partial charge in [-0.1, -0.05) is 108 Å². The minimum absolute atomic E-state index is 0.200. The lowest BCUT2D eigenvalue weighted by atomic mass is 10.0. The summed E-state index contributed by atoms with van der Waals surface area (Å²) in [5.74, 6) is 0. The summed E-state index contributed by atoms with van der Waals surface area (Å²) in [6.45, 7) is 0. The van der Waals surface area contributed by atoms with E-state index < -0.39 is 0 Å². The summed E-state index contributed by atoms with van der Waals surface area (Å²) >= 11 is 0. The third-order valence-corrected chi connectivity index (χ3v) is 4.98. The van der Waals surface area contributed by atoms with Gasteiger partial charge in [0.25, 0.3) is 0 Å². The predicted octanol–water partition coefficient (Wildman–Crippen LogP) is 6.94. The Morgan fingerprint density at radius 3 is 1.32 bits per heavy atom. The molecule has 1 rings (SSSR count). The number of hydrogen-bond donors (Lipinski definition) is 1. The summed E-state index contributed by atoms with van der Waals surface area (Å²) in [6.07, 6.45) is 28.4. The summed E-state index contributed by atoms with van der Waals surface area (Å²) in [7, 11) is 0. The lowest BCUT2D eigenvalue weighted by Crippen LogP contribution is -2.01. The number of aliphatic hydroxyl groups is 1. The molecule has 1 N–H and O–H groups in total. The Balaban J connectivity index is 2.13. The normalized spacial score (nSPS) is 27.6.